The number of carbonyl (C=O) groups excluding carboxylic acids is 2. The second-order valence-corrected chi connectivity index (χ2v) is 7.69. The van der Waals surface area contributed by atoms with E-state index >= 15 is 0 Å². The van der Waals surface area contributed by atoms with Gasteiger partial charge in [0.1, 0.15) is 0 Å². The van der Waals surface area contributed by atoms with E-state index in [9.17, 15) is 9.59 Å². The summed E-state index contributed by atoms with van der Waals surface area (Å²) in [6.07, 6.45) is 0. The summed E-state index contributed by atoms with van der Waals surface area (Å²) in [5, 5.41) is 13.8. The van der Waals surface area contributed by atoms with Crippen LogP contribution in [0.25, 0.3) is 11.3 Å². The zero-order valence-corrected chi connectivity index (χ0v) is 18.5. The van der Waals surface area contributed by atoms with Crippen LogP contribution >= 0.6 is 0 Å². The van der Waals surface area contributed by atoms with Crippen molar-refractivity contribution in [2.45, 2.75) is 26.9 Å². The number of rotatable bonds is 8. The Morgan fingerprint density at radius 3 is 2.39 bits per heavy atom. The van der Waals surface area contributed by atoms with E-state index in [1.807, 2.05) is 67.1 Å². The van der Waals surface area contributed by atoms with Crippen molar-refractivity contribution < 1.29 is 14.1 Å². The molecule has 8 nitrogen and oxygen atoms in total. The van der Waals surface area contributed by atoms with Crippen molar-refractivity contribution in [2.24, 2.45) is 0 Å². The van der Waals surface area contributed by atoms with Crippen molar-refractivity contribution in [3.8, 4) is 11.3 Å². The third-order valence-electron chi connectivity index (χ3n) is 5.38. The predicted molar refractivity (Wildman–Crippen MR) is 123 cm³/mol. The van der Waals surface area contributed by atoms with Crippen LogP contribution in [0.3, 0.4) is 0 Å². The highest BCUT2D eigenvalue weighted by Crippen LogP contribution is 2.19. The summed E-state index contributed by atoms with van der Waals surface area (Å²) in [6, 6.07) is 21.0. The first-order valence-corrected chi connectivity index (χ1v) is 10.6. The van der Waals surface area contributed by atoms with E-state index in [1.165, 1.54) is 0 Å². The van der Waals surface area contributed by atoms with Gasteiger partial charge in [-0.15, -0.1) is 0 Å². The average Bonchev–Trinajstić information content (AvgIpc) is 3.43. The first-order chi connectivity index (χ1) is 16.0. The number of nitrogens with one attached hydrogen (secondary N) is 2. The van der Waals surface area contributed by atoms with Gasteiger partial charge in [-0.25, -0.2) is 0 Å². The van der Waals surface area contributed by atoms with Crippen LogP contribution in [-0.4, -0.2) is 33.3 Å². The maximum absolute atomic E-state index is 12.3. The molecule has 0 saturated heterocycles. The number of amides is 2. The van der Waals surface area contributed by atoms with Crippen LogP contribution in [0.2, 0.25) is 0 Å². The van der Waals surface area contributed by atoms with Gasteiger partial charge in [0.05, 0.1) is 18.8 Å². The first-order valence-electron chi connectivity index (χ1n) is 10.6. The lowest BCUT2D eigenvalue weighted by Gasteiger charge is -2.08. The van der Waals surface area contributed by atoms with Crippen LogP contribution in [0.5, 0.6) is 0 Å². The molecule has 0 aliphatic rings. The Morgan fingerprint density at radius 2 is 1.67 bits per heavy atom. The molecule has 0 saturated carbocycles. The van der Waals surface area contributed by atoms with Gasteiger partial charge in [0, 0.05) is 29.4 Å². The second kappa shape index (κ2) is 9.95. The summed E-state index contributed by atoms with van der Waals surface area (Å²) < 4.78 is 7.17. The average molecular weight is 444 g/mol. The topological polar surface area (TPSA) is 102 Å². The van der Waals surface area contributed by atoms with Crippen molar-refractivity contribution >= 4 is 11.8 Å². The molecule has 0 fully saturated rings. The summed E-state index contributed by atoms with van der Waals surface area (Å²) in [7, 11) is 0. The number of benzene rings is 2. The van der Waals surface area contributed by atoms with E-state index in [-0.39, 0.29) is 18.1 Å². The fraction of sp³-hybridized carbons (Fsp3) is 0.200. The molecular formula is C25H25N5O3. The van der Waals surface area contributed by atoms with Crippen LogP contribution in [-0.2, 0) is 17.9 Å². The Bertz CT molecular complexity index is 1250. The molecule has 4 rings (SSSR count). The molecule has 8 heteroatoms. The van der Waals surface area contributed by atoms with Crippen molar-refractivity contribution in [3.63, 3.8) is 0 Å². The molecule has 2 N–H and O–H groups in total. The largest absolute Gasteiger partial charge is 0.355 e. The minimum Gasteiger partial charge on any atom is -0.355 e. The monoisotopic (exact) mass is 443 g/mol. The minimum atomic E-state index is -0.473. The number of aryl methyl sites for hydroxylation is 1. The van der Waals surface area contributed by atoms with Crippen LogP contribution in [0.1, 0.15) is 33.0 Å². The van der Waals surface area contributed by atoms with Crippen molar-refractivity contribution in [1.29, 1.82) is 0 Å². The number of hydrogen-bond acceptors (Lipinski definition) is 5. The standard InChI is InChI=1S/C25H25N5O3/c1-17-21(18(2)30(28-17)16-19-9-5-3-6-10-19)14-26-24(31)15-27-25(32)22-13-23(33-29-22)20-11-7-4-8-12-20/h3-13H,14-16H2,1-2H3,(H,26,31)(H,27,32). The second-order valence-electron chi connectivity index (χ2n) is 7.69. The molecule has 0 aliphatic heterocycles. The molecule has 33 heavy (non-hydrogen) atoms. The maximum atomic E-state index is 12.3. The van der Waals surface area contributed by atoms with Gasteiger partial charge in [-0.2, -0.15) is 5.10 Å². The Hall–Kier alpha value is -4.20. The smallest absolute Gasteiger partial charge is 0.273 e. The van der Waals surface area contributed by atoms with E-state index in [0.717, 1.165) is 28.1 Å². The lowest BCUT2D eigenvalue weighted by atomic mass is 10.1. The highest BCUT2D eigenvalue weighted by molar-refractivity contribution is 5.95. The number of hydrogen-bond donors (Lipinski definition) is 2. The molecule has 0 spiro atoms. The molecule has 2 amide bonds. The van der Waals surface area contributed by atoms with Gasteiger partial charge < -0.3 is 15.2 Å². The predicted octanol–water partition coefficient (Wildman–Crippen LogP) is 3.25. The lowest BCUT2D eigenvalue weighted by molar-refractivity contribution is -0.120. The number of carbonyl (C=O) groups is 2. The molecule has 2 aromatic heterocycles. The highest BCUT2D eigenvalue weighted by Gasteiger charge is 2.16. The minimum absolute atomic E-state index is 0.121. The Balaban J connectivity index is 1.29. The van der Waals surface area contributed by atoms with Gasteiger partial charge in [0.15, 0.2) is 11.5 Å². The molecule has 168 valence electrons. The summed E-state index contributed by atoms with van der Waals surface area (Å²) in [6.45, 7) is 4.75. The van der Waals surface area contributed by atoms with E-state index in [1.54, 1.807) is 6.07 Å². The quantitative estimate of drug-likeness (QED) is 0.435. The van der Waals surface area contributed by atoms with Crippen LogP contribution in [0.4, 0.5) is 0 Å². The molecular weight excluding hydrogens is 418 g/mol. The normalized spacial score (nSPS) is 10.7. The third kappa shape index (κ3) is 5.35. The van der Waals surface area contributed by atoms with Crippen LogP contribution < -0.4 is 10.6 Å². The summed E-state index contributed by atoms with van der Waals surface area (Å²) in [5.74, 6) is -0.285. The van der Waals surface area contributed by atoms with Crippen LogP contribution in [0.15, 0.2) is 71.3 Å². The molecule has 0 bridgehead atoms. The molecule has 0 radical (unpaired) electrons. The molecule has 2 aromatic carbocycles. The van der Waals surface area contributed by atoms with Gasteiger partial charge in [-0.05, 0) is 19.4 Å². The van der Waals surface area contributed by atoms with Gasteiger partial charge in [0.2, 0.25) is 5.91 Å². The summed E-state index contributed by atoms with van der Waals surface area (Å²) >= 11 is 0. The van der Waals surface area contributed by atoms with Crippen LogP contribution in [0, 0.1) is 13.8 Å². The Kier molecular flexibility index (Phi) is 6.64. The molecule has 0 atom stereocenters. The molecule has 4 aromatic rings. The van der Waals surface area contributed by atoms with E-state index in [4.69, 9.17) is 4.52 Å². The zero-order valence-electron chi connectivity index (χ0n) is 18.5. The van der Waals surface area contributed by atoms with Gasteiger partial charge in [-0.1, -0.05) is 65.8 Å². The lowest BCUT2D eigenvalue weighted by Crippen LogP contribution is -2.36. The number of aromatic nitrogens is 3. The summed E-state index contributed by atoms with van der Waals surface area (Å²) in [4.78, 5) is 24.6. The Morgan fingerprint density at radius 1 is 0.970 bits per heavy atom. The van der Waals surface area contributed by atoms with Crippen molar-refractivity contribution in [1.82, 2.24) is 25.6 Å². The fourth-order valence-corrected chi connectivity index (χ4v) is 3.52. The van der Waals surface area contributed by atoms with Crippen molar-refractivity contribution in [3.05, 3.63) is 94.9 Å². The molecule has 0 aliphatic carbocycles. The SMILES string of the molecule is Cc1nn(Cc2ccccc2)c(C)c1CNC(=O)CNC(=O)c1cc(-c2ccccc2)on1. The Labute approximate surface area is 191 Å². The highest BCUT2D eigenvalue weighted by atomic mass is 16.5. The summed E-state index contributed by atoms with van der Waals surface area (Å²) in [5.41, 5.74) is 4.93. The van der Waals surface area contributed by atoms with Gasteiger partial charge in [0.25, 0.3) is 5.91 Å². The third-order valence-corrected chi connectivity index (χ3v) is 5.38. The van der Waals surface area contributed by atoms with Gasteiger partial charge in [-0.3, -0.25) is 14.3 Å². The number of nitrogens with zero attached hydrogens (tertiary/aromatic N) is 3. The van der Waals surface area contributed by atoms with Gasteiger partial charge >= 0.3 is 0 Å². The maximum Gasteiger partial charge on any atom is 0.273 e. The van der Waals surface area contributed by atoms with E-state index < -0.39 is 5.91 Å². The fourth-order valence-electron chi connectivity index (χ4n) is 3.52. The van der Waals surface area contributed by atoms with E-state index in [0.29, 0.717) is 18.8 Å². The first kappa shape index (κ1) is 22.0. The zero-order chi connectivity index (χ0) is 23.2. The molecule has 0 unspecified atom stereocenters. The van der Waals surface area contributed by atoms with Crippen molar-refractivity contribution in [2.75, 3.05) is 6.54 Å². The molecule has 2 heterocycles. The van der Waals surface area contributed by atoms with E-state index in [2.05, 4.69) is 33.0 Å².